The molecule has 0 aliphatic carbocycles. The van der Waals surface area contributed by atoms with Gasteiger partial charge in [-0.15, -0.1) is 0 Å². The number of nitrogens with one attached hydrogen (secondary N) is 1. The molecule has 4 rings (SSSR count). The molecule has 2 saturated heterocycles. The maximum Gasteiger partial charge on any atom is 0.469 e. The minimum absolute atomic E-state index is 0.00371. The third kappa shape index (κ3) is 9.54. The summed E-state index contributed by atoms with van der Waals surface area (Å²) in [5.41, 5.74) is -3.96. The molecule has 47 heavy (non-hydrogen) atoms. The summed E-state index contributed by atoms with van der Waals surface area (Å²) in [5, 5.41) is 13.7. The predicted octanol–water partition coefficient (Wildman–Crippen LogP) is 5.62. The van der Waals surface area contributed by atoms with Crippen LogP contribution in [0.15, 0.2) is 48.5 Å². The highest BCUT2D eigenvalue weighted by molar-refractivity contribution is 7.46. The highest BCUT2D eigenvalue weighted by Crippen LogP contribution is 2.44. The maximum absolute atomic E-state index is 13.5. The first-order chi connectivity index (χ1) is 21.8. The molecular weight excluding hydrogens is 661 g/mol. The minimum Gasteiger partial charge on any atom is -0.372 e. The van der Waals surface area contributed by atoms with Crippen molar-refractivity contribution >= 4 is 13.7 Å². The Labute approximate surface area is 267 Å². The topological polar surface area (TPSA) is 138 Å². The van der Waals surface area contributed by atoms with Crippen LogP contribution in [0, 0.1) is 0 Å². The molecule has 1 amide bonds. The van der Waals surface area contributed by atoms with E-state index in [1.165, 1.54) is 11.8 Å². The number of alkyl halides is 6. The largest absolute Gasteiger partial charge is 0.469 e. The third-order valence-electron chi connectivity index (χ3n) is 8.69. The van der Waals surface area contributed by atoms with Crippen molar-refractivity contribution in [3.8, 4) is 0 Å². The highest BCUT2D eigenvalue weighted by atomic mass is 31.2. The Balaban J connectivity index is 1.47. The van der Waals surface area contributed by atoms with Crippen LogP contribution in [0.4, 0.5) is 26.3 Å². The van der Waals surface area contributed by atoms with Crippen molar-refractivity contribution in [2.75, 3.05) is 26.5 Å². The lowest BCUT2D eigenvalue weighted by molar-refractivity contribution is -0.167. The normalized spacial score (nSPS) is 23.8. The molecule has 4 atom stereocenters. The first kappa shape index (κ1) is 37.3. The number of carbonyl (C=O) groups is 1. The summed E-state index contributed by atoms with van der Waals surface area (Å²) in [6.07, 6.45) is -10.9. The molecule has 0 bridgehead atoms. The molecule has 2 aromatic rings. The van der Waals surface area contributed by atoms with Crippen LogP contribution in [0.3, 0.4) is 0 Å². The number of aliphatic hydroxyl groups excluding tert-OH is 1. The molecule has 2 aliphatic rings. The minimum atomic E-state index is -5.00. The Kier molecular flexibility index (Phi) is 11.5. The van der Waals surface area contributed by atoms with E-state index in [4.69, 9.17) is 19.3 Å². The number of rotatable bonds is 13. The Morgan fingerprint density at radius 2 is 1.62 bits per heavy atom. The molecule has 1 unspecified atom stereocenters. The van der Waals surface area contributed by atoms with E-state index >= 15 is 0 Å². The number of phosphoric acid groups is 1. The standard InChI is InChI=1S/C30H37F6N2O8P/c1-20(21-14-23(29(31,32)33)16-24(15-21)30(34,35)36)44-18-28(22-6-3-2-4-7-22)12-11-27(17-37-28)10-9-25(39)38(27)19-45-26(40)8-5-13-46-47(41,42)43/h2-4,6-7,14-16,20,26,37,40H,5,8-13,17-19H2,1H3,(H2,41,42,43)/t20-,26?,27-,28-/m1/s1. The summed E-state index contributed by atoms with van der Waals surface area (Å²) < 4.78 is 107. The smallest absolute Gasteiger partial charge is 0.372 e. The Bertz CT molecular complexity index is 1380. The zero-order chi connectivity index (χ0) is 34.7. The van der Waals surface area contributed by atoms with Crippen LogP contribution in [0.25, 0.3) is 0 Å². The lowest BCUT2D eigenvalue weighted by Gasteiger charge is -2.49. The van der Waals surface area contributed by atoms with Crippen molar-refractivity contribution in [3.05, 3.63) is 70.8 Å². The molecule has 2 aliphatic heterocycles. The van der Waals surface area contributed by atoms with Crippen LogP contribution >= 0.6 is 7.82 Å². The molecule has 1 spiro atoms. The van der Waals surface area contributed by atoms with Crippen molar-refractivity contribution in [1.29, 1.82) is 0 Å². The van der Waals surface area contributed by atoms with E-state index in [0.29, 0.717) is 31.4 Å². The number of amides is 1. The van der Waals surface area contributed by atoms with Gasteiger partial charge < -0.3 is 34.6 Å². The van der Waals surface area contributed by atoms with Gasteiger partial charge in [0.1, 0.15) is 6.73 Å². The van der Waals surface area contributed by atoms with Gasteiger partial charge in [-0.25, -0.2) is 4.57 Å². The number of phosphoric ester groups is 1. The summed E-state index contributed by atoms with van der Waals surface area (Å²) in [4.78, 5) is 31.9. The fraction of sp³-hybridized carbons (Fsp3) is 0.567. The van der Waals surface area contributed by atoms with Crippen molar-refractivity contribution in [2.24, 2.45) is 0 Å². The first-order valence-corrected chi connectivity index (χ1v) is 16.4. The number of benzene rings is 2. The zero-order valence-corrected chi connectivity index (χ0v) is 26.3. The van der Waals surface area contributed by atoms with E-state index in [1.54, 1.807) is 18.2 Å². The summed E-state index contributed by atoms with van der Waals surface area (Å²) >= 11 is 0. The first-order valence-electron chi connectivity index (χ1n) is 14.9. The monoisotopic (exact) mass is 698 g/mol. The lowest BCUT2D eigenvalue weighted by atomic mass is 9.75. The summed E-state index contributed by atoms with van der Waals surface area (Å²) in [5.74, 6) is -0.203. The summed E-state index contributed by atoms with van der Waals surface area (Å²) in [6, 6.07) is 10.4. The number of ether oxygens (including phenoxy) is 2. The molecule has 0 radical (unpaired) electrons. The van der Waals surface area contributed by atoms with Crippen molar-refractivity contribution in [1.82, 2.24) is 10.2 Å². The van der Waals surface area contributed by atoms with Crippen LogP contribution in [0.5, 0.6) is 0 Å². The van der Waals surface area contributed by atoms with Gasteiger partial charge in [0.05, 0.1) is 41.5 Å². The molecule has 4 N–H and O–H groups in total. The van der Waals surface area contributed by atoms with Crippen molar-refractivity contribution < 1.29 is 64.6 Å². The number of carbonyl (C=O) groups excluding carboxylic acids is 1. The van der Waals surface area contributed by atoms with E-state index in [1.807, 2.05) is 12.1 Å². The van der Waals surface area contributed by atoms with Crippen molar-refractivity contribution in [3.63, 3.8) is 0 Å². The number of aliphatic hydroxyl groups is 1. The van der Waals surface area contributed by atoms with Crippen LogP contribution in [0.1, 0.15) is 73.8 Å². The maximum atomic E-state index is 13.5. The van der Waals surface area contributed by atoms with Gasteiger partial charge in [0.2, 0.25) is 5.91 Å². The fourth-order valence-electron chi connectivity index (χ4n) is 5.96. The van der Waals surface area contributed by atoms with Crippen LogP contribution < -0.4 is 5.32 Å². The summed E-state index contributed by atoms with van der Waals surface area (Å²) in [7, 11) is -4.64. The predicted molar refractivity (Wildman–Crippen MR) is 154 cm³/mol. The Hall–Kier alpha value is -2.56. The second-order valence-electron chi connectivity index (χ2n) is 11.9. The van der Waals surface area contributed by atoms with Gasteiger partial charge in [0.25, 0.3) is 0 Å². The quantitative estimate of drug-likeness (QED) is 0.0909. The molecule has 2 aromatic carbocycles. The number of likely N-dealkylation sites (tertiary alicyclic amines) is 1. The number of halogens is 6. The molecule has 10 nitrogen and oxygen atoms in total. The van der Waals surface area contributed by atoms with Crippen LogP contribution in [0.2, 0.25) is 0 Å². The number of nitrogens with zero attached hydrogens (tertiary/aromatic N) is 1. The Morgan fingerprint density at radius 3 is 2.17 bits per heavy atom. The SMILES string of the molecule is C[C@@H](OC[C@@]1(c2ccccc2)CC[C@]2(CCC(=O)N2COC(O)CCCOP(=O)(O)O)CN1)c1cc(C(F)(F)F)cc(C(F)(F)F)c1. The zero-order valence-electron chi connectivity index (χ0n) is 25.4. The average Bonchev–Trinajstić information content (AvgIpc) is 3.31. The van der Waals surface area contributed by atoms with E-state index in [0.717, 1.165) is 5.56 Å². The molecule has 17 heteroatoms. The molecule has 262 valence electrons. The van der Waals surface area contributed by atoms with Gasteiger partial charge in [-0.1, -0.05) is 30.3 Å². The van der Waals surface area contributed by atoms with Gasteiger partial charge in [0.15, 0.2) is 6.29 Å². The van der Waals surface area contributed by atoms with Crippen LogP contribution in [-0.4, -0.2) is 64.0 Å². The second-order valence-corrected chi connectivity index (χ2v) is 13.1. The van der Waals surface area contributed by atoms with Gasteiger partial charge in [-0.2, -0.15) is 26.3 Å². The van der Waals surface area contributed by atoms with Crippen LogP contribution in [-0.2, 0) is 41.2 Å². The third-order valence-corrected chi connectivity index (χ3v) is 9.21. The second kappa shape index (κ2) is 14.5. The van der Waals surface area contributed by atoms with E-state index in [-0.39, 0.29) is 63.3 Å². The number of hydrogen-bond donors (Lipinski definition) is 4. The van der Waals surface area contributed by atoms with Gasteiger partial charge >= 0.3 is 20.2 Å². The lowest BCUT2D eigenvalue weighted by Crippen LogP contribution is -2.63. The highest BCUT2D eigenvalue weighted by Gasteiger charge is 2.51. The van der Waals surface area contributed by atoms with Gasteiger partial charge in [0, 0.05) is 19.4 Å². The molecule has 0 aromatic heterocycles. The Morgan fingerprint density at radius 1 is 0.979 bits per heavy atom. The number of hydrogen-bond acceptors (Lipinski definition) is 7. The molecule has 0 saturated carbocycles. The number of piperidine rings is 1. The van der Waals surface area contributed by atoms with Gasteiger partial charge in [-0.3, -0.25) is 9.32 Å². The van der Waals surface area contributed by atoms with E-state index < -0.39 is 54.8 Å². The van der Waals surface area contributed by atoms with Crippen molar-refractivity contribution in [2.45, 2.75) is 81.3 Å². The van der Waals surface area contributed by atoms with Gasteiger partial charge in [-0.05, 0) is 61.9 Å². The molecular formula is C30H37F6N2O8P. The average molecular weight is 699 g/mol. The fourth-order valence-corrected chi connectivity index (χ4v) is 6.32. The van der Waals surface area contributed by atoms with E-state index in [2.05, 4.69) is 9.84 Å². The molecule has 2 heterocycles. The van der Waals surface area contributed by atoms with E-state index in [9.17, 15) is 40.8 Å². The summed E-state index contributed by atoms with van der Waals surface area (Å²) in [6.45, 7) is 0.982. The molecule has 2 fully saturated rings.